The lowest BCUT2D eigenvalue weighted by Crippen LogP contribution is -2.13. The predicted molar refractivity (Wildman–Crippen MR) is 110 cm³/mol. The van der Waals surface area contributed by atoms with Crippen LogP contribution in [-0.2, 0) is 20.4 Å². The Morgan fingerprint density at radius 1 is 1.31 bits per heavy atom. The molecular weight excluding hydrogens is 432 g/mol. The number of nitrogens with zero attached hydrogens (tertiary/aromatic N) is 3. The molecule has 0 aliphatic carbocycles. The summed E-state index contributed by atoms with van der Waals surface area (Å²) in [5.74, 6) is 0.336. The van der Waals surface area contributed by atoms with Crippen LogP contribution >= 0.6 is 23.3 Å². The third-order valence-corrected chi connectivity index (χ3v) is 6.01. The second kappa shape index (κ2) is 9.04. The summed E-state index contributed by atoms with van der Waals surface area (Å²) in [6.07, 6.45) is 2.27. The van der Waals surface area contributed by atoms with Gasteiger partial charge in [0.05, 0.1) is 0 Å². The van der Waals surface area contributed by atoms with Crippen LogP contribution in [0.4, 0.5) is 5.13 Å². The zero-order chi connectivity index (χ0) is 20.9. The molecule has 2 heterocycles. The van der Waals surface area contributed by atoms with E-state index < -0.39 is 15.7 Å². The lowest BCUT2D eigenvalue weighted by molar-refractivity contribution is -0.112. The van der Waals surface area contributed by atoms with E-state index >= 15 is 0 Å². The highest BCUT2D eigenvalue weighted by atomic mass is 32.2. The average Bonchev–Trinajstić information content (AvgIpc) is 3.34. The van der Waals surface area contributed by atoms with Crippen LogP contribution in [0, 0.1) is 11.3 Å². The van der Waals surface area contributed by atoms with Crippen molar-refractivity contribution in [3.8, 4) is 6.07 Å². The van der Waals surface area contributed by atoms with Gasteiger partial charge in [-0.25, -0.2) is 8.42 Å². The molecule has 0 unspecified atom stereocenters. The molecule has 148 valence electrons. The molecule has 0 aliphatic rings. The van der Waals surface area contributed by atoms with Gasteiger partial charge >= 0.3 is 0 Å². The van der Waals surface area contributed by atoms with Crippen LogP contribution in [0.1, 0.15) is 11.3 Å². The van der Waals surface area contributed by atoms with Crippen LogP contribution in [0.5, 0.6) is 0 Å². The first-order chi connectivity index (χ1) is 13.8. The van der Waals surface area contributed by atoms with Crippen molar-refractivity contribution in [1.29, 1.82) is 5.26 Å². The van der Waals surface area contributed by atoms with E-state index in [1.165, 1.54) is 17.8 Å². The molecule has 2 aromatic heterocycles. The summed E-state index contributed by atoms with van der Waals surface area (Å²) in [4.78, 5) is 16.0. The van der Waals surface area contributed by atoms with E-state index in [1.807, 2.05) is 30.3 Å². The number of aromatic nitrogens is 2. The van der Waals surface area contributed by atoms with Gasteiger partial charge in [-0.1, -0.05) is 42.1 Å². The van der Waals surface area contributed by atoms with E-state index in [9.17, 15) is 18.5 Å². The molecule has 0 saturated heterocycles. The van der Waals surface area contributed by atoms with Crippen LogP contribution in [-0.4, -0.2) is 29.9 Å². The fourth-order valence-corrected chi connectivity index (χ4v) is 4.34. The molecule has 29 heavy (non-hydrogen) atoms. The number of anilines is 1. The Kier molecular flexibility index (Phi) is 6.48. The summed E-state index contributed by atoms with van der Waals surface area (Å²) in [5.41, 5.74) is 0.934. The SMILES string of the molecule is CS(=O)(=O)c1nsc(NC(=O)/C(C#N)=C\c2ccc(SCc3ccccc3)o2)n1. The van der Waals surface area contributed by atoms with Crippen LogP contribution in [0.25, 0.3) is 6.08 Å². The molecule has 1 aromatic carbocycles. The number of nitrogens with one attached hydrogen (secondary N) is 1. The van der Waals surface area contributed by atoms with Gasteiger partial charge in [0.15, 0.2) is 5.09 Å². The average molecular weight is 447 g/mol. The maximum absolute atomic E-state index is 12.3. The van der Waals surface area contributed by atoms with E-state index in [-0.39, 0.29) is 15.9 Å². The van der Waals surface area contributed by atoms with Gasteiger partial charge in [0.25, 0.3) is 11.1 Å². The van der Waals surface area contributed by atoms with Crippen molar-refractivity contribution in [2.24, 2.45) is 0 Å². The largest absolute Gasteiger partial charge is 0.450 e. The van der Waals surface area contributed by atoms with Crippen LogP contribution in [0.2, 0.25) is 0 Å². The first-order valence-corrected chi connectivity index (χ1v) is 11.7. The number of carbonyl (C=O) groups excluding carboxylic acids is 1. The molecule has 3 aromatic rings. The molecule has 11 heteroatoms. The van der Waals surface area contributed by atoms with Gasteiger partial charge in [-0.3, -0.25) is 10.1 Å². The van der Waals surface area contributed by atoms with Gasteiger partial charge in [-0.2, -0.15) is 14.6 Å². The van der Waals surface area contributed by atoms with Gasteiger partial charge in [-0.05, 0) is 17.7 Å². The molecule has 0 spiro atoms. The van der Waals surface area contributed by atoms with Crippen LogP contribution in [0.15, 0.2) is 62.7 Å². The number of thioether (sulfide) groups is 1. The maximum Gasteiger partial charge on any atom is 0.268 e. The molecule has 0 bridgehead atoms. The van der Waals surface area contributed by atoms with Crippen molar-refractivity contribution < 1.29 is 17.6 Å². The summed E-state index contributed by atoms with van der Waals surface area (Å²) < 4.78 is 32.1. The Morgan fingerprint density at radius 3 is 2.72 bits per heavy atom. The molecule has 0 radical (unpaired) electrons. The number of amides is 1. The molecule has 0 atom stereocenters. The standard InChI is InChI=1S/C18H14N4O4S3/c1-29(24,25)18-21-17(28-22-18)20-16(23)13(10-19)9-14-7-8-15(26-14)27-11-12-5-3-2-4-6-12/h2-9H,11H2,1H3,(H,20,21,22,23)/b13-9-. The Hall–Kier alpha value is -2.94. The van der Waals surface area contributed by atoms with Crippen molar-refractivity contribution in [2.45, 2.75) is 16.0 Å². The molecule has 0 fully saturated rings. The van der Waals surface area contributed by atoms with Crippen molar-refractivity contribution in [2.75, 3.05) is 11.6 Å². The van der Waals surface area contributed by atoms with Crippen LogP contribution < -0.4 is 5.32 Å². The Labute approximate surface area is 175 Å². The van der Waals surface area contributed by atoms with E-state index in [0.717, 1.165) is 17.6 Å². The zero-order valence-electron chi connectivity index (χ0n) is 15.0. The first kappa shape index (κ1) is 20.8. The van der Waals surface area contributed by atoms with Crippen molar-refractivity contribution in [1.82, 2.24) is 9.36 Å². The van der Waals surface area contributed by atoms with E-state index in [1.54, 1.807) is 18.2 Å². The number of hydrogen-bond donors (Lipinski definition) is 1. The Bertz CT molecular complexity index is 1190. The third-order valence-electron chi connectivity index (χ3n) is 3.44. The minimum atomic E-state index is -3.58. The summed E-state index contributed by atoms with van der Waals surface area (Å²) in [6, 6.07) is 15.1. The highest BCUT2D eigenvalue weighted by molar-refractivity contribution is 7.98. The quantitative estimate of drug-likeness (QED) is 0.333. The topological polar surface area (TPSA) is 126 Å². The minimum absolute atomic E-state index is 0.0184. The normalized spacial score (nSPS) is 11.8. The lowest BCUT2D eigenvalue weighted by atomic mass is 10.2. The second-order valence-corrected chi connectivity index (χ2v) is 9.35. The molecule has 1 N–H and O–H groups in total. The fourth-order valence-electron chi connectivity index (χ4n) is 2.08. The van der Waals surface area contributed by atoms with Crippen molar-refractivity contribution in [3.05, 3.63) is 59.4 Å². The number of nitriles is 1. The van der Waals surface area contributed by atoms with Gasteiger partial charge < -0.3 is 4.42 Å². The first-order valence-electron chi connectivity index (χ1n) is 8.08. The number of furan rings is 1. The Morgan fingerprint density at radius 2 is 2.07 bits per heavy atom. The predicted octanol–water partition coefficient (Wildman–Crippen LogP) is 3.37. The highest BCUT2D eigenvalue weighted by Gasteiger charge is 2.17. The maximum atomic E-state index is 12.3. The minimum Gasteiger partial charge on any atom is -0.450 e. The summed E-state index contributed by atoms with van der Waals surface area (Å²) >= 11 is 2.20. The fraction of sp³-hybridized carbons (Fsp3) is 0.111. The summed E-state index contributed by atoms with van der Waals surface area (Å²) in [5, 5.41) is 11.9. The van der Waals surface area contributed by atoms with Crippen LogP contribution in [0.3, 0.4) is 0 Å². The smallest absolute Gasteiger partial charge is 0.268 e. The molecule has 0 aliphatic heterocycles. The highest BCUT2D eigenvalue weighted by Crippen LogP contribution is 2.26. The molecule has 8 nitrogen and oxygen atoms in total. The van der Waals surface area contributed by atoms with E-state index in [4.69, 9.17) is 4.42 Å². The van der Waals surface area contributed by atoms with E-state index in [2.05, 4.69) is 14.7 Å². The van der Waals surface area contributed by atoms with Gasteiger partial charge in [-0.15, -0.1) is 0 Å². The van der Waals surface area contributed by atoms with Crippen molar-refractivity contribution >= 4 is 50.2 Å². The number of rotatable bonds is 7. The number of hydrogen-bond acceptors (Lipinski definition) is 9. The second-order valence-electron chi connectivity index (χ2n) is 5.71. The monoisotopic (exact) mass is 446 g/mol. The van der Waals surface area contributed by atoms with Gasteiger partial charge in [0, 0.05) is 29.6 Å². The number of carbonyl (C=O) groups is 1. The number of benzene rings is 1. The third kappa shape index (κ3) is 5.77. The molecule has 1 amide bonds. The molecule has 3 rings (SSSR count). The zero-order valence-corrected chi connectivity index (χ0v) is 17.5. The lowest BCUT2D eigenvalue weighted by Gasteiger charge is -1.99. The van der Waals surface area contributed by atoms with E-state index in [0.29, 0.717) is 22.4 Å². The molecular formula is C18H14N4O4S3. The van der Waals surface area contributed by atoms with Gasteiger partial charge in [0.1, 0.15) is 17.4 Å². The summed E-state index contributed by atoms with van der Waals surface area (Å²) in [7, 11) is -3.58. The molecule has 0 saturated carbocycles. The Balaban J connectivity index is 1.66. The number of sulfone groups is 1. The van der Waals surface area contributed by atoms with Gasteiger partial charge in [0.2, 0.25) is 15.0 Å². The summed E-state index contributed by atoms with van der Waals surface area (Å²) in [6.45, 7) is 0. The van der Waals surface area contributed by atoms with Crippen molar-refractivity contribution in [3.63, 3.8) is 0 Å².